The minimum absolute atomic E-state index is 0.0622. The number of aliphatic hydroxyl groups excluding tert-OH is 2. The molecule has 2 rings (SSSR count). The van der Waals surface area contributed by atoms with Gasteiger partial charge in [0.05, 0.1) is 0 Å². The van der Waals surface area contributed by atoms with Gasteiger partial charge in [-0.25, -0.2) is 9.59 Å². The maximum absolute atomic E-state index is 11.6. The monoisotopic (exact) mass is 642 g/mol. The van der Waals surface area contributed by atoms with E-state index < -0.39 is 24.1 Å². The molecule has 7 heteroatoms. The van der Waals surface area contributed by atoms with Gasteiger partial charge in [-0.05, 0) is 90.5 Å². The lowest BCUT2D eigenvalue weighted by atomic mass is 9.75. The Balaban J connectivity index is 2.44. The summed E-state index contributed by atoms with van der Waals surface area (Å²) in [7, 11) is 0. The second-order valence-electron chi connectivity index (χ2n) is 16.6. The summed E-state index contributed by atoms with van der Waals surface area (Å²) in [6, 6.07) is 8.66. The van der Waals surface area contributed by atoms with Crippen LogP contribution in [0.1, 0.15) is 128 Å². The highest BCUT2D eigenvalue weighted by molar-refractivity contribution is 7.99. The van der Waals surface area contributed by atoms with Gasteiger partial charge < -0.3 is 20.4 Å². The minimum atomic E-state index is -1.47. The van der Waals surface area contributed by atoms with Crippen molar-refractivity contribution in [3.05, 3.63) is 68.8 Å². The number of carbonyl (C=O) groups is 2. The molecule has 0 heterocycles. The second-order valence-corrected chi connectivity index (χ2v) is 17.8. The molecule has 0 fully saturated rings. The van der Waals surface area contributed by atoms with Gasteiger partial charge >= 0.3 is 11.9 Å². The first-order valence-corrected chi connectivity index (χ1v) is 17.2. The van der Waals surface area contributed by atoms with Gasteiger partial charge in [-0.1, -0.05) is 107 Å². The molecule has 2 aromatic rings. The molecule has 0 saturated carbocycles. The van der Waals surface area contributed by atoms with E-state index in [0.717, 1.165) is 57.7 Å². The fraction of sp³-hybridized carbons (Fsp3) is 0.632. The lowest BCUT2D eigenvalue weighted by Gasteiger charge is -2.30. The molecule has 0 radical (unpaired) electrons. The highest BCUT2D eigenvalue weighted by Gasteiger charge is 2.28. The van der Waals surface area contributed by atoms with E-state index in [2.05, 4.69) is 107 Å². The average Bonchev–Trinajstić information content (AvgIpc) is 2.86. The first-order chi connectivity index (χ1) is 20.3. The normalized spacial score (nSPS) is 14.4. The zero-order chi connectivity index (χ0) is 34.7. The molecule has 0 spiro atoms. The van der Waals surface area contributed by atoms with E-state index in [0.29, 0.717) is 0 Å². The highest BCUT2D eigenvalue weighted by atomic mass is 32.2. The lowest BCUT2D eigenvalue weighted by Crippen LogP contribution is -2.26. The number of thioether (sulfide) groups is 1. The van der Waals surface area contributed by atoms with Crippen LogP contribution in [0.4, 0.5) is 0 Å². The summed E-state index contributed by atoms with van der Waals surface area (Å²) in [5.74, 6) is -0.812. The fourth-order valence-corrected chi connectivity index (χ4v) is 6.57. The lowest BCUT2D eigenvalue weighted by molar-refractivity contribution is -0.147. The summed E-state index contributed by atoms with van der Waals surface area (Å²) in [6.07, 6.45) is -1.33. The number of hydrogen-bond donors (Lipinski definition) is 4. The van der Waals surface area contributed by atoms with Crippen molar-refractivity contribution in [3.63, 3.8) is 0 Å². The van der Waals surface area contributed by atoms with Crippen molar-refractivity contribution >= 4 is 23.7 Å². The van der Waals surface area contributed by atoms with E-state index in [1.54, 1.807) is 0 Å². The van der Waals surface area contributed by atoms with Gasteiger partial charge in [0.25, 0.3) is 0 Å². The van der Waals surface area contributed by atoms with Crippen LogP contribution in [0.15, 0.2) is 24.3 Å². The van der Waals surface area contributed by atoms with Crippen molar-refractivity contribution in [3.8, 4) is 0 Å². The van der Waals surface area contributed by atoms with Gasteiger partial charge in [0, 0.05) is 12.8 Å². The van der Waals surface area contributed by atoms with Gasteiger partial charge in [-0.2, -0.15) is 11.8 Å². The zero-order valence-corrected chi connectivity index (χ0v) is 30.5. The molecule has 2 atom stereocenters. The fourth-order valence-electron chi connectivity index (χ4n) is 5.66. The smallest absolute Gasteiger partial charge is 0.332 e. The molecule has 6 nitrogen and oxygen atoms in total. The SMILES string of the molecule is CC(C)(C)c1cc(CC(O)C(=O)O)c(CCSCCc2c(CC(O)C(=O)O)cc(C(C)(C)C)cc2C(C)(C)C)c(C(C)(C)C)c1. The highest BCUT2D eigenvalue weighted by Crippen LogP contribution is 2.37. The Morgan fingerprint density at radius 1 is 0.578 bits per heavy atom. The molecule has 4 N–H and O–H groups in total. The van der Waals surface area contributed by atoms with Crippen LogP contribution in [0.2, 0.25) is 0 Å². The van der Waals surface area contributed by atoms with Crippen LogP contribution in [0.5, 0.6) is 0 Å². The first-order valence-electron chi connectivity index (χ1n) is 16.1. The van der Waals surface area contributed by atoms with Crippen molar-refractivity contribution in [1.29, 1.82) is 0 Å². The third-order valence-corrected chi connectivity index (χ3v) is 9.41. The van der Waals surface area contributed by atoms with Gasteiger partial charge in [-0.15, -0.1) is 0 Å². The third kappa shape index (κ3) is 10.9. The molecular formula is C38H58O6S. The Kier molecular flexibility index (Phi) is 12.6. The maximum Gasteiger partial charge on any atom is 0.332 e. The van der Waals surface area contributed by atoms with Gasteiger partial charge in [0.2, 0.25) is 0 Å². The Labute approximate surface area is 276 Å². The van der Waals surface area contributed by atoms with E-state index in [1.807, 2.05) is 11.8 Å². The Hall–Kier alpha value is -2.35. The summed E-state index contributed by atoms with van der Waals surface area (Å²) < 4.78 is 0. The number of rotatable bonds is 12. The number of carboxylic acid groups (broad SMARTS) is 2. The molecule has 2 unspecified atom stereocenters. The summed E-state index contributed by atoms with van der Waals surface area (Å²) >= 11 is 1.81. The Morgan fingerprint density at radius 2 is 0.889 bits per heavy atom. The molecule has 0 aromatic heterocycles. The molecule has 0 aliphatic rings. The minimum Gasteiger partial charge on any atom is -0.479 e. The summed E-state index contributed by atoms with van der Waals surface area (Å²) in [5, 5.41) is 39.7. The topological polar surface area (TPSA) is 115 Å². The van der Waals surface area contributed by atoms with Crippen molar-refractivity contribution in [2.75, 3.05) is 11.5 Å². The van der Waals surface area contributed by atoms with Gasteiger partial charge in [0.1, 0.15) is 0 Å². The van der Waals surface area contributed by atoms with Crippen LogP contribution in [-0.2, 0) is 56.9 Å². The largest absolute Gasteiger partial charge is 0.479 e. The number of aliphatic carboxylic acids is 2. The quantitative estimate of drug-likeness (QED) is 0.179. The van der Waals surface area contributed by atoms with E-state index in [-0.39, 0.29) is 34.5 Å². The third-order valence-electron chi connectivity index (χ3n) is 8.42. The van der Waals surface area contributed by atoms with E-state index in [4.69, 9.17) is 0 Å². The molecule has 0 aliphatic heterocycles. The second kappa shape index (κ2) is 14.6. The van der Waals surface area contributed by atoms with E-state index in [1.165, 1.54) is 11.1 Å². The van der Waals surface area contributed by atoms with Crippen LogP contribution in [0, 0.1) is 0 Å². The van der Waals surface area contributed by atoms with Crippen molar-refractivity contribution in [2.45, 2.75) is 143 Å². The number of aliphatic hydroxyl groups is 2. The van der Waals surface area contributed by atoms with E-state index >= 15 is 0 Å². The number of carboxylic acids is 2. The van der Waals surface area contributed by atoms with Crippen LogP contribution >= 0.6 is 11.8 Å². The molecule has 0 bridgehead atoms. The van der Waals surface area contributed by atoms with Gasteiger partial charge in [0.15, 0.2) is 12.2 Å². The summed E-state index contributed by atoms with van der Waals surface area (Å²) in [5.41, 5.74) is 8.02. The molecule has 0 saturated heterocycles. The maximum atomic E-state index is 11.6. The molecule has 2 aromatic carbocycles. The first kappa shape index (κ1) is 38.8. The molecule has 0 amide bonds. The van der Waals surface area contributed by atoms with Crippen LogP contribution in [-0.4, -0.2) is 56.1 Å². The summed E-state index contributed by atoms with van der Waals surface area (Å²) in [6.45, 7) is 25.9. The predicted octanol–water partition coefficient (Wildman–Crippen LogP) is 7.37. The van der Waals surface area contributed by atoms with Crippen LogP contribution in [0.25, 0.3) is 0 Å². The van der Waals surface area contributed by atoms with Crippen molar-refractivity contribution in [1.82, 2.24) is 0 Å². The molecular weight excluding hydrogens is 584 g/mol. The average molecular weight is 643 g/mol. The predicted molar refractivity (Wildman–Crippen MR) is 187 cm³/mol. The standard InChI is InChI=1S/C38H58O6S/c1-35(2,3)25-17-23(19-31(39)33(41)42)27(29(21-25)37(7,8)9)13-15-45-16-14-28-24(20-32(40)34(43)44)18-26(36(4,5)6)22-30(28)38(10,11)12/h17-18,21-22,31-32,39-40H,13-16,19-20H2,1-12H3,(H,41,42)(H,43,44). The molecule has 0 aliphatic carbocycles. The Morgan fingerprint density at radius 3 is 1.13 bits per heavy atom. The zero-order valence-electron chi connectivity index (χ0n) is 29.7. The Bertz CT molecular complexity index is 1250. The van der Waals surface area contributed by atoms with Gasteiger partial charge in [-0.3, -0.25) is 0 Å². The number of hydrogen-bond acceptors (Lipinski definition) is 5. The number of benzene rings is 2. The van der Waals surface area contributed by atoms with Crippen molar-refractivity contribution in [2.24, 2.45) is 0 Å². The molecule has 45 heavy (non-hydrogen) atoms. The van der Waals surface area contributed by atoms with Crippen LogP contribution < -0.4 is 0 Å². The van der Waals surface area contributed by atoms with Crippen molar-refractivity contribution < 1.29 is 30.0 Å². The van der Waals surface area contributed by atoms with E-state index in [9.17, 15) is 30.0 Å². The van der Waals surface area contributed by atoms with Crippen LogP contribution in [0.3, 0.4) is 0 Å². The summed E-state index contributed by atoms with van der Waals surface area (Å²) in [4.78, 5) is 23.2. The molecule has 252 valence electrons.